The number of amides is 3. The van der Waals surface area contributed by atoms with Crippen LogP contribution in [0.25, 0.3) is 11.4 Å². The van der Waals surface area contributed by atoms with Crippen LogP contribution in [0.4, 0.5) is 0 Å². The zero-order valence-corrected chi connectivity index (χ0v) is 21.9. The first kappa shape index (κ1) is 25.2. The van der Waals surface area contributed by atoms with E-state index in [4.69, 9.17) is 9.26 Å². The normalized spacial score (nSPS) is 21.7. The predicted molar refractivity (Wildman–Crippen MR) is 141 cm³/mol. The number of hydrogen-bond acceptors (Lipinski definition) is 8. The van der Waals surface area contributed by atoms with E-state index in [1.54, 1.807) is 17.9 Å². The number of likely N-dealkylation sites (tertiary alicyclic amines) is 1. The summed E-state index contributed by atoms with van der Waals surface area (Å²) in [5.74, 6) is 0.985. The van der Waals surface area contributed by atoms with Crippen molar-refractivity contribution in [3.8, 4) is 17.1 Å². The lowest BCUT2D eigenvalue weighted by Gasteiger charge is -2.35. The van der Waals surface area contributed by atoms with Crippen molar-refractivity contribution in [2.75, 3.05) is 13.2 Å². The summed E-state index contributed by atoms with van der Waals surface area (Å²) in [6, 6.07) is 13.4. The average molecular weight is 530 g/mol. The minimum Gasteiger partial charge on any atom is -0.492 e. The van der Waals surface area contributed by atoms with Gasteiger partial charge in [0.25, 0.3) is 5.91 Å². The average Bonchev–Trinajstić information content (AvgIpc) is 3.51. The van der Waals surface area contributed by atoms with E-state index < -0.39 is 11.9 Å². The summed E-state index contributed by atoms with van der Waals surface area (Å²) < 4.78 is 11.4. The Labute approximate surface area is 226 Å². The SMILES string of the molecule is Cc1nc(-c2cccc(CN3CCCC[C@H]3COc3ccc4c(c3)CN(C3CCC(=O)NC3=O)C4=O)c2)no1. The van der Waals surface area contributed by atoms with Gasteiger partial charge in [0.15, 0.2) is 0 Å². The third kappa shape index (κ3) is 5.29. The molecule has 3 aliphatic heterocycles. The summed E-state index contributed by atoms with van der Waals surface area (Å²) in [7, 11) is 0. The molecule has 3 amide bonds. The van der Waals surface area contributed by atoms with E-state index in [9.17, 15) is 14.4 Å². The van der Waals surface area contributed by atoms with Crippen LogP contribution < -0.4 is 10.1 Å². The molecule has 1 N–H and O–H groups in total. The maximum Gasteiger partial charge on any atom is 0.255 e. The molecule has 3 aliphatic rings. The molecule has 10 nitrogen and oxygen atoms in total. The number of piperidine rings is 2. The van der Waals surface area contributed by atoms with Gasteiger partial charge in [0, 0.05) is 43.6 Å². The Morgan fingerprint density at radius 1 is 1.10 bits per heavy atom. The monoisotopic (exact) mass is 529 g/mol. The van der Waals surface area contributed by atoms with Gasteiger partial charge in [-0.05, 0) is 61.2 Å². The van der Waals surface area contributed by atoms with Crippen LogP contribution in [0.3, 0.4) is 0 Å². The smallest absolute Gasteiger partial charge is 0.255 e. The lowest BCUT2D eigenvalue weighted by molar-refractivity contribution is -0.136. The highest BCUT2D eigenvalue weighted by molar-refractivity contribution is 6.05. The molecule has 3 aromatic rings. The van der Waals surface area contributed by atoms with E-state index in [0.29, 0.717) is 42.6 Å². The van der Waals surface area contributed by atoms with Crippen molar-refractivity contribution in [1.29, 1.82) is 0 Å². The van der Waals surface area contributed by atoms with Crippen molar-refractivity contribution in [2.45, 2.75) is 64.2 Å². The van der Waals surface area contributed by atoms with Crippen LogP contribution in [0.1, 0.15) is 59.5 Å². The number of carbonyl (C=O) groups is 3. The molecule has 2 aromatic carbocycles. The topological polar surface area (TPSA) is 118 Å². The van der Waals surface area contributed by atoms with Crippen LogP contribution in [0, 0.1) is 6.92 Å². The second kappa shape index (κ2) is 10.6. The van der Waals surface area contributed by atoms with Crippen LogP contribution in [0.5, 0.6) is 5.75 Å². The molecule has 0 radical (unpaired) electrons. The Morgan fingerprint density at radius 3 is 2.82 bits per heavy atom. The third-order valence-corrected chi connectivity index (χ3v) is 7.78. The molecule has 202 valence electrons. The summed E-state index contributed by atoms with van der Waals surface area (Å²) >= 11 is 0. The van der Waals surface area contributed by atoms with Gasteiger partial charge in [-0.25, -0.2) is 0 Å². The Bertz CT molecular complexity index is 1420. The van der Waals surface area contributed by atoms with Crippen LogP contribution in [0.15, 0.2) is 47.0 Å². The number of carbonyl (C=O) groups excluding carboxylic acids is 3. The molecule has 10 heteroatoms. The lowest BCUT2D eigenvalue weighted by atomic mass is 10.0. The number of rotatable bonds is 7. The van der Waals surface area contributed by atoms with Gasteiger partial charge in [0.05, 0.1) is 0 Å². The number of aromatic nitrogens is 2. The Hall–Kier alpha value is -4.05. The van der Waals surface area contributed by atoms with Gasteiger partial charge in [-0.15, -0.1) is 0 Å². The molecular formula is C29H31N5O5. The van der Waals surface area contributed by atoms with Gasteiger partial charge in [-0.2, -0.15) is 4.98 Å². The minimum atomic E-state index is -0.620. The van der Waals surface area contributed by atoms with Gasteiger partial charge >= 0.3 is 0 Å². The van der Waals surface area contributed by atoms with Gasteiger partial charge in [0.1, 0.15) is 18.4 Å². The second-order valence-corrected chi connectivity index (χ2v) is 10.5. The van der Waals surface area contributed by atoms with Gasteiger partial charge in [-0.1, -0.05) is 29.8 Å². The van der Waals surface area contributed by atoms with Gasteiger partial charge in [0.2, 0.25) is 23.5 Å². The van der Waals surface area contributed by atoms with Crippen molar-refractivity contribution in [2.24, 2.45) is 0 Å². The molecule has 0 spiro atoms. The fourth-order valence-electron chi connectivity index (χ4n) is 5.75. The molecule has 39 heavy (non-hydrogen) atoms. The molecule has 2 fully saturated rings. The molecule has 6 rings (SSSR count). The van der Waals surface area contributed by atoms with E-state index in [-0.39, 0.29) is 24.3 Å². The summed E-state index contributed by atoms with van der Waals surface area (Å²) in [6.45, 7) is 4.47. The number of ether oxygens (including phenoxy) is 1. The summed E-state index contributed by atoms with van der Waals surface area (Å²) in [5.41, 5.74) is 3.55. The van der Waals surface area contributed by atoms with Crippen LogP contribution in [-0.2, 0) is 22.7 Å². The quantitative estimate of drug-likeness (QED) is 0.464. The number of fused-ring (bicyclic) bond motifs is 1. The highest BCUT2D eigenvalue weighted by Crippen LogP contribution is 2.31. The first-order chi connectivity index (χ1) is 18.9. The van der Waals surface area contributed by atoms with Crippen molar-refractivity contribution >= 4 is 17.7 Å². The summed E-state index contributed by atoms with van der Waals surface area (Å²) in [4.78, 5) is 45.2. The first-order valence-electron chi connectivity index (χ1n) is 13.5. The molecular weight excluding hydrogens is 498 g/mol. The highest BCUT2D eigenvalue weighted by Gasteiger charge is 2.39. The molecule has 1 unspecified atom stereocenters. The van der Waals surface area contributed by atoms with E-state index in [1.807, 2.05) is 24.3 Å². The molecule has 1 aromatic heterocycles. The van der Waals surface area contributed by atoms with Crippen molar-refractivity contribution in [3.05, 3.63) is 65.0 Å². The number of imide groups is 1. The zero-order chi connectivity index (χ0) is 26.9. The fourth-order valence-corrected chi connectivity index (χ4v) is 5.75. The number of hydrogen-bond donors (Lipinski definition) is 1. The standard InChI is InChI=1S/C29H31N5O5/c1-18-30-27(32-39-18)20-6-4-5-19(13-20)15-33-12-3-2-7-22(33)17-38-23-8-9-24-21(14-23)16-34(29(24)37)25-10-11-26(35)31-28(25)36/h4-6,8-9,13-14,22,25H,2-3,7,10-12,15-17H2,1H3,(H,31,35,36)/t22-,25?/m0/s1. The Balaban J connectivity index is 1.10. The Kier molecular flexibility index (Phi) is 6.86. The van der Waals surface area contributed by atoms with Crippen molar-refractivity contribution < 1.29 is 23.6 Å². The Morgan fingerprint density at radius 2 is 2.00 bits per heavy atom. The molecule has 0 aliphatic carbocycles. The number of nitrogens with one attached hydrogen (secondary N) is 1. The van der Waals surface area contributed by atoms with E-state index >= 15 is 0 Å². The molecule has 4 heterocycles. The van der Waals surface area contributed by atoms with Crippen LogP contribution in [0.2, 0.25) is 0 Å². The molecule has 2 atom stereocenters. The third-order valence-electron chi connectivity index (χ3n) is 7.78. The maximum absolute atomic E-state index is 13.0. The van der Waals surface area contributed by atoms with Crippen LogP contribution >= 0.6 is 0 Å². The highest BCUT2D eigenvalue weighted by atomic mass is 16.5. The van der Waals surface area contributed by atoms with E-state index in [1.165, 1.54) is 5.56 Å². The lowest BCUT2D eigenvalue weighted by Crippen LogP contribution is -2.52. The van der Waals surface area contributed by atoms with Crippen LogP contribution in [-0.4, -0.2) is 62.9 Å². The molecule has 2 saturated heterocycles. The minimum absolute atomic E-state index is 0.178. The van der Waals surface area contributed by atoms with Gasteiger partial charge < -0.3 is 14.2 Å². The van der Waals surface area contributed by atoms with E-state index in [0.717, 1.165) is 43.5 Å². The number of benzene rings is 2. The van der Waals surface area contributed by atoms with Crippen molar-refractivity contribution in [1.82, 2.24) is 25.3 Å². The molecule has 0 saturated carbocycles. The largest absolute Gasteiger partial charge is 0.492 e. The molecule has 0 bridgehead atoms. The fraction of sp³-hybridized carbons (Fsp3) is 0.414. The van der Waals surface area contributed by atoms with E-state index in [2.05, 4.69) is 32.5 Å². The summed E-state index contributed by atoms with van der Waals surface area (Å²) in [5, 5.41) is 6.39. The summed E-state index contributed by atoms with van der Waals surface area (Å²) in [6.07, 6.45) is 3.95. The zero-order valence-electron chi connectivity index (χ0n) is 21.9. The second-order valence-electron chi connectivity index (χ2n) is 10.5. The maximum atomic E-state index is 13.0. The predicted octanol–water partition coefficient (Wildman–Crippen LogP) is 3.24. The van der Waals surface area contributed by atoms with Crippen molar-refractivity contribution in [3.63, 3.8) is 0 Å². The first-order valence-corrected chi connectivity index (χ1v) is 13.5. The number of aryl methyl sites for hydroxylation is 1. The van der Waals surface area contributed by atoms with Gasteiger partial charge in [-0.3, -0.25) is 24.6 Å². The number of nitrogens with zero attached hydrogens (tertiary/aromatic N) is 4.